The number of H-pyrrole nitrogens is 1. The molecule has 0 unspecified atom stereocenters. The Morgan fingerprint density at radius 3 is 2.52 bits per heavy atom. The largest absolute Gasteiger partial charge is 0.496 e. The van der Waals surface area contributed by atoms with E-state index in [0.717, 1.165) is 22.3 Å². The van der Waals surface area contributed by atoms with Crippen molar-refractivity contribution in [1.82, 2.24) is 14.8 Å². The molecule has 1 aromatic heterocycles. The molecule has 5 nitrogen and oxygen atoms in total. The topological polar surface area (TPSA) is 59.9 Å². The zero-order valence-corrected chi connectivity index (χ0v) is 12.2. The van der Waals surface area contributed by atoms with E-state index >= 15 is 0 Å². The van der Waals surface area contributed by atoms with Crippen molar-refractivity contribution < 1.29 is 13.5 Å². The lowest BCUT2D eigenvalue weighted by Gasteiger charge is -2.10. The smallest absolute Gasteiger partial charge is 0.348 e. The summed E-state index contributed by atoms with van der Waals surface area (Å²) in [6, 6.07) is 10.6. The number of rotatable bonds is 4. The maximum atomic E-state index is 14.0. The van der Waals surface area contributed by atoms with Gasteiger partial charge in [0.15, 0.2) is 0 Å². The number of benzene rings is 2. The van der Waals surface area contributed by atoms with Gasteiger partial charge in [-0.05, 0) is 18.2 Å². The molecule has 0 fully saturated rings. The minimum atomic E-state index is -0.838. The monoisotopic (exact) mass is 317 g/mol. The van der Waals surface area contributed by atoms with Crippen LogP contribution in [-0.4, -0.2) is 21.9 Å². The highest BCUT2D eigenvalue weighted by atomic mass is 19.1. The fourth-order valence-electron chi connectivity index (χ4n) is 2.40. The van der Waals surface area contributed by atoms with Crippen LogP contribution >= 0.6 is 0 Å². The predicted molar refractivity (Wildman–Crippen MR) is 79.9 cm³/mol. The van der Waals surface area contributed by atoms with Gasteiger partial charge >= 0.3 is 5.69 Å². The van der Waals surface area contributed by atoms with Gasteiger partial charge in [0.1, 0.15) is 28.9 Å². The number of aromatic amines is 1. The Bertz CT molecular complexity index is 882. The lowest BCUT2D eigenvalue weighted by molar-refractivity contribution is 0.410. The minimum absolute atomic E-state index is 0.177. The zero-order chi connectivity index (χ0) is 16.4. The van der Waals surface area contributed by atoms with Gasteiger partial charge in [-0.15, -0.1) is 0 Å². The minimum Gasteiger partial charge on any atom is -0.496 e. The molecule has 1 N–H and O–H groups in total. The molecule has 0 saturated carbocycles. The number of hydrogen-bond donors (Lipinski definition) is 1. The fourth-order valence-corrected chi connectivity index (χ4v) is 2.40. The number of hydrogen-bond acceptors (Lipinski definition) is 3. The Balaban J connectivity index is 2.12. The van der Waals surface area contributed by atoms with E-state index in [1.807, 2.05) is 0 Å². The molecule has 0 aliphatic carbocycles. The van der Waals surface area contributed by atoms with Crippen LogP contribution in [0.25, 0.3) is 5.69 Å². The van der Waals surface area contributed by atoms with Crippen LogP contribution in [-0.2, 0) is 6.42 Å². The van der Waals surface area contributed by atoms with Gasteiger partial charge in [0.05, 0.1) is 7.11 Å². The van der Waals surface area contributed by atoms with Crippen LogP contribution in [0.4, 0.5) is 8.78 Å². The van der Waals surface area contributed by atoms with Crippen molar-refractivity contribution in [3.05, 3.63) is 76.0 Å². The third-order valence-corrected chi connectivity index (χ3v) is 3.44. The molecule has 3 aromatic rings. The van der Waals surface area contributed by atoms with Gasteiger partial charge < -0.3 is 4.74 Å². The molecule has 0 spiro atoms. The van der Waals surface area contributed by atoms with Gasteiger partial charge in [0.25, 0.3) is 0 Å². The first-order valence-corrected chi connectivity index (χ1v) is 6.84. The quantitative estimate of drug-likeness (QED) is 0.804. The Morgan fingerprint density at radius 2 is 1.83 bits per heavy atom. The van der Waals surface area contributed by atoms with E-state index in [9.17, 15) is 13.6 Å². The maximum absolute atomic E-state index is 14.0. The van der Waals surface area contributed by atoms with Gasteiger partial charge in [0.2, 0.25) is 0 Å². The third kappa shape index (κ3) is 2.73. The SMILES string of the molecule is COc1ccccc1Cc1n[nH]c(=O)n1-c1c(F)cccc1F. The van der Waals surface area contributed by atoms with Gasteiger partial charge in [0, 0.05) is 12.0 Å². The second-order valence-corrected chi connectivity index (χ2v) is 4.84. The Labute approximate surface area is 130 Å². The summed E-state index contributed by atoms with van der Waals surface area (Å²) in [5.41, 5.74) is -0.415. The molecule has 23 heavy (non-hydrogen) atoms. The van der Waals surface area contributed by atoms with Crippen LogP contribution < -0.4 is 10.4 Å². The number of para-hydroxylation sites is 2. The van der Waals surface area contributed by atoms with E-state index in [1.165, 1.54) is 13.2 Å². The maximum Gasteiger partial charge on any atom is 0.348 e. The van der Waals surface area contributed by atoms with Crippen molar-refractivity contribution >= 4 is 0 Å². The zero-order valence-electron chi connectivity index (χ0n) is 12.2. The second kappa shape index (κ2) is 6.04. The van der Waals surface area contributed by atoms with E-state index in [-0.39, 0.29) is 12.2 Å². The first-order valence-electron chi connectivity index (χ1n) is 6.84. The number of aromatic nitrogens is 3. The normalized spacial score (nSPS) is 10.7. The number of nitrogens with zero attached hydrogens (tertiary/aromatic N) is 2. The summed E-state index contributed by atoms with van der Waals surface area (Å²) >= 11 is 0. The molecule has 0 bridgehead atoms. The summed E-state index contributed by atoms with van der Waals surface area (Å²) in [5.74, 6) is -0.892. The Hall–Kier alpha value is -2.96. The summed E-state index contributed by atoms with van der Waals surface area (Å²) in [7, 11) is 1.52. The van der Waals surface area contributed by atoms with Crippen molar-refractivity contribution in [3.8, 4) is 11.4 Å². The van der Waals surface area contributed by atoms with Crippen molar-refractivity contribution in [2.24, 2.45) is 0 Å². The molecule has 0 aliphatic rings. The first-order chi connectivity index (χ1) is 11.1. The molecule has 2 aromatic carbocycles. The molecule has 0 aliphatic heterocycles. The lowest BCUT2D eigenvalue weighted by atomic mass is 10.1. The van der Waals surface area contributed by atoms with E-state index in [4.69, 9.17) is 4.74 Å². The molecule has 0 radical (unpaired) electrons. The summed E-state index contributed by atoms with van der Waals surface area (Å²) in [6.45, 7) is 0. The van der Waals surface area contributed by atoms with Crippen molar-refractivity contribution in [1.29, 1.82) is 0 Å². The van der Waals surface area contributed by atoms with E-state index < -0.39 is 23.0 Å². The van der Waals surface area contributed by atoms with Crippen LogP contribution in [0.3, 0.4) is 0 Å². The van der Waals surface area contributed by atoms with Crippen LogP contribution in [0.5, 0.6) is 5.75 Å². The molecule has 0 amide bonds. The average Bonchev–Trinajstić information content (AvgIpc) is 2.89. The molecular formula is C16H13F2N3O2. The van der Waals surface area contributed by atoms with Gasteiger partial charge in [-0.3, -0.25) is 0 Å². The van der Waals surface area contributed by atoms with E-state index in [2.05, 4.69) is 10.2 Å². The van der Waals surface area contributed by atoms with Crippen molar-refractivity contribution in [3.63, 3.8) is 0 Å². The first kappa shape index (κ1) is 15.0. The number of halogens is 2. The standard InChI is InChI=1S/C16H13F2N3O2/c1-23-13-8-3-2-5-10(13)9-14-19-20-16(22)21(14)15-11(17)6-4-7-12(15)18/h2-8H,9H2,1H3,(H,20,22). The highest BCUT2D eigenvalue weighted by Gasteiger charge is 2.19. The summed E-state index contributed by atoms with van der Waals surface area (Å²) in [5, 5.41) is 6.11. The van der Waals surface area contributed by atoms with Crippen LogP contribution in [0, 0.1) is 11.6 Å². The Kier molecular flexibility index (Phi) is 3.92. The number of methoxy groups -OCH3 is 1. The molecule has 1 heterocycles. The Morgan fingerprint density at radius 1 is 1.13 bits per heavy atom. The molecule has 0 atom stereocenters. The van der Waals surface area contributed by atoms with Crippen LogP contribution in [0.15, 0.2) is 47.3 Å². The van der Waals surface area contributed by atoms with Crippen molar-refractivity contribution in [2.75, 3.05) is 7.11 Å². The second-order valence-electron chi connectivity index (χ2n) is 4.84. The van der Waals surface area contributed by atoms with Crippen LogP contribution in [0.1, 0.15) is 11.4 Å². The molecule has 7 heteroatoms. The van der Waals surface area contributed by atoms with E-state index in [1.54, 1.807) is 24.3 Å². The summed E-state index contributed by atoms with van der Waals surface area (Å²) in [6.07, 6.45) is 0.177. The third-order valence-electron chi connectivity index (χ3n) is 3.44. The van der Waals surface area contributed by atoms with Gasteiger partial charge in [-0.2, -0.15) is 5.10 Å². The predicted octanol–water partition coefficient (Wildman–Crippen LogP) is 2.44. The molecule has 0 saturated heterocycles. The highest BCUT2D eigenvalue weighted by Crippen LogP contribution is 2.22. The number of ether oxygens (including phenoxy) is 1. The van der Waals surface area contributed by atoms with E-state index in [0.29, 0.717) is 5.75 Å². The molecular weight excluding hydrogens is 304 g/mol. The van der Waals surface area contributed by atoms with Crippen molar-refractivity contribution in [2.45, 2.75) is 6.42 Å². The van der Waals surface area contributed by atoms with Gasteiger partial charge in [-0.1, -0.05) is 24.3 Å². The summed E-state index contributed by atoms with van der Waals surface area (Å²) < 4.78 is 34.1. The highest BCUT2D eigenvalue weighted by molar-refractivity contribution is 5.39. The molecule has 118 valence electrons. The average molecular weight is 317 g/mol. The lowest BCUT2D eigenvalue weighted by Crippen LogP contribution is -2.19. The van der Waals surface area contributed by atoms with Crippen LogP contribution in [0.2, 0.25) is 0 Å². The molecule has 3 rings (SSSR count). The number of nitrogens with one attached hydrogen (secondary N) is 1. The van der Waals surface area contributed by atoms with Gasteiger partial charge in [-0.25, -0.2) is 23.2 Å². The summed E-state index contributed by atoms with van der Waals surface area (Å²) in [4.78, 5) is 12.0. The fraction of sp³-hybridized carbons (Fsp3) is 0.125.